The molecular formula is C31H33N3O3. The Morgan fingerprint density at radius 2 is 1.81 bits per heavy atom. The Balaban J connectivity index is 1.31. The number of nitrogens with zero attached hydrogens (tertiary/aromatic N) is 2. The number of aryl methyl sites for hydroxylation is 1. The minimum absolute atomic E-state index is 0.0784. The number of anilines is 1. The molecule has 0 spiro atoms. The molecule has 1 atom stereocenters. The van der Waals surface area contributed by atoms with Crippen LogP contribution in [0.25, 0.3) is 6.08 Å². The van der Waals surface area contributed by atoms with Gasteiger partial charge in [-0.3, -0.25) is 19.4 Å². The number of fused-ring (bicyclic) bond motifs is 1. The van der Waals surface area contributed by atoms with Crippen molar-refractivity contribution in [3.8, 4) is 5.75 Å². The molecule has 1 unspecified atom stereocenters. The molecule has 6 nitrogen and oxygen atoms in total. The first-order valence-corrected chi connectivity index (χ1v) is 13.0. The van der Waals surface area contributed by atoms with Gasteiger partial charge in [0.25, 0.3) is 11.8 Å². The molecule has 2 heterocycles. The van der Waals surface area contributed by atoms with E-state index in [-0.39, 0.29) is 17.6 Å². The maximum Gasteiger partial charge on any atom is 0.294 e. The predicted octanol–water partition coefficient (Wildman–Crippen LogP) is 5.18. The van der Waals surface area contributed by atoms with Gasteiger partial charge in [-0.25, -0.2) is 0 Å². The van der Waals surface area contributed by atoms with Crippen molar-refractivity contribution in [2.24, 2.45) is 0 Å². The number of likely N-dealkylation sites (N-methyl/N-ethyl adjacent to an activating group) is 1. The number of para-hydroxylation sites is 2. The summed E-state index contributed by atoms with van der Waals surface area (Å²) in [4.78, 5) is 30.3. The summed E-state index contributed by atoms with van der Waals surface area (Å²) in [7, 11) is 0. The van der Waals surface area contributed by atoms with E-state index in [1.165, 1.54) is 12.0 Å². The normalized spacial score (nSPS) is 18.5. The van der Waals surface area contributed by atoms with Gasteiger partial charge < -0.3 is 10.1 Å². The highest BCUT2D eigenvalue weighted by molar-refractivity contribution is 6.09. The second kappa shape index (κ2) is 11.0. The second-order valence-electron chi connectivity index (χ2n) is 9.71. The smallest absolute Gasteiger partial charge is 0.294 e. The maximum atomic E-state index is 13.5. The lowest BCUT2D eigenvalue weighted by atomic mass is 10.1. The van der Waals surface area contributed by atoms with Crippen LogP contribution >= 0.6 is 0 Å². The van der Waals surface area contributed by atoms with Crippen molar-refractivity contribution in [3.05, 3.63) is 101 Å². The zero-order chi connectivity index (χ0) is 25.8. The molecule has 3 aromatic carbocycles. The Hall–Kier alpha value is -3.90. The average molecular weight is 496 g/mol. The number of rotatable bonds is 7. The lowest BCUT2D eigenvalue weighted by Crippen LogP contribution is -2.40. The third kappa shape index (κ3) is 5.59. The number of carbonyl (C=O) groups excluding carboxylic acids is 2. The molecule has 0 aromatic heterocycles. The molecule has 0 aliphatic carbocycles. The van der Waals surface area contributed by atoms with Crippen LogP contribution in [0.4, 0.5) is 5.69 Å². The number of hydrogen-bond acceptors (Lipinski definition) is 4. The second-order valence-corrected chi connectivity index (χ2v) is 9.71. The Bertz CT molecular complexity index is 1300. The largest absolute Gasteiger partial charge is 0.449 e. The van der Waals surface area contributed by atoms with E-state index in [0.717, 1.165) is 36.3 Å². The molecule has 2 aliphatic rings. The van der Waals surface area contributed by atoms with Crippen LogP contribution in [0.2, 0.25) is 0 Å². The van der Waals surface area contributed by atoms with E-state index in [9.17, 15) is 9.59 Å². The molecule has 0 radical (unpaired) electrons. The molecule has 2 aliphatic heterocycles. The Morgan fingerprint density at radius 1 is 1.05 bits per heavy atom. The summed E-state index contributed by atoms with van der Waals surface area (Å²) < 4.78 is 6.02. The summed E-state index contributed by atoms with van der Waals surface area (Å²) in [5.41, 5.74) is 4.37. The Kier molecular flexibility index (Phi) is 7.37. The number of ether oxygens (including phenoxy) is 1. The standard InChI is InChI=1S/C31H33N3O3/c1-3-33-18-6-7-26(33)20-32-30(35)25-16-14-23(15-17-25)19-29-31(36)34(21-24-12-10-22(2)11-13-24)27-8-4-5-9-28(27)37-29/h4-5,8-17,19,26H,3,6-7,18,20-21H2,1-2H3,(H,32,35). The first kappa shape index (κ1) is 24.8. The van der Waals surface area contributed by atoms with Gasteiger partial charge in [-0.2, -0.15) is 0 Å². The molecule has 3 aromatic rings. The van der Waals surface area contributed by atoms with Crippen LogP contribution in [0.1, 0.15) is 46.8 Å². The SMILES string of the molecule is CCN1CCCC1CNC(=O)c1ccc(C=C2Oc3ccccc3N(Cc3ccc(C)cc3)C2=O)cc1. The van der Waals surface area contributed by atoms with E-state index in [0.29, 0.717) is 30.4 Å². The molecule has 190 valence electrons. The molecule has 37 heavy (non-hydrogen) atoms. The first-order chi connectivity index (χ1) is 18.0. The lowest BCUT2D eigenvalue weighted by Gasteiger charge is -2.30. The Morgan fingerprint density at radius 3 is 2.57 bits per heavy atom. The van der Waals surface area contributed by atoms with Crippen LogP contribution in [0.5, 0.6) is 5.75 Å². The molecule has 6 heteroatoms. The summed E-state index contributed by atoms with van der Waals surface area (Å²) in [6.07, 6.45) is 4.05. The van der Waals surface area contributed by atoms with Crippen molar-refractivity contribution >= 4 is 23.6 Å². The van der Waals surface area contributed by atoms with Gasteiger partial charge in [0, 0.05) is 18.2 Å². The summed E-state index contributed by atoms with van der Waals surface area (Å²) >= 11 is 0. The Labute approximate surface area is 218 Å². The number of nitrogens with one attached hydrogen (secondary N) is 1. The molecule has 2 amide bonds. The molecule has 1 fully saturated rings. The minimum atomic E-state index is -0.196. The monoisotopic (exact) mass is 495 g/mol. The van der Waals surface area contributed by atoms with E-state index in [1.807, 2.05) is 67.6 Å². The number of likely N-dealkylation sites (tertiary alicyclic amines) is 1. The van der Waals surface area contributed by atoms with Gasteiger partial charge >= 0.3 is 0 Å². The first-order valence-electron chi connectivity index (χ1n) is 13.0. The fourth-order valence-corrected chi connectivity index (χ4v) is 5.03. The molecule has 0 saturated carbocycles. The van der Waals surface area contributed by atoms with Crippen LogP contribution in [0.15, 0.2) is 78.6 Å². The van der Waals surface area contributed by atoms with Crippen molar-refractivity contribution in [2.75, 3.05) is 24.5 Å². The van der Waals surface area contributed by atoms with Crippen molar-refractivity contribution in [2.45, 2.75) is 39.3 Å². The van der Waals surface area contributed by atoms with Gasteiger partial charge in [0.1, 0.15) is 0 Å². The summed E-state index contributed by atoms with van der Waals surface area (Å²) in [5.74, 6) is 0.622. The van der Waals surface area contributed by atoms with E-state index in [1.54, 1.807) is 23.1 Å². The van der Waals surface area contributed by atoms with Gasteiger partial charge in [-0.15, -0.1) is 0 Å². The van der Waals surface area contributed by atoms with Crippen molar-refractivity contribution in [3.63, 3.8) is 0 Å². The van der Waals surface area contributed by atoms with Gasteiger partial charge in [-0.1, -0.05) is 61.0 Å². The van der Waals surface area contributed by atoms with Crippen LogP contribution in [0, 0.1) is 6.92 Å². The minimum Gasteiger partial charge on any atom is -0.449 e. The highest BCUT2D eigenvalue weighted by Gasteiger charge is 2.30. The van der Waals surface area contributed by atoms with Crippen molar-refractivity contribution in [1.82, 2.24) is 10.2 Å². The van der Waals surface area contributed by atoms with Gasteiger partial charge in [0.05, 0.1) is 12.2 Å². The maximum absolute atomic E-state index is 13.5. The van der Waals surface area contributed by atoms with Crippen LogP contribution < -0.4 is 15.0 Å². The zero-order valence-electron chi connectivity index (χ0n) is 21.4. The average Bonchev–Trinajstić information content (AvgIpc) is 3.39. The van der Waals surface area contributed by atoms with Crippen molar-refractivity contribution in [1.29, 1.82) is 0 Å². The lowest BCUT2D eigenvalue weighted by molar-refractivity contribution is -0.117. The molecule has 1 N–H and O–H groups in total. The van der Waals surface area contributed by atoms with Crippen LogP contribution in [-0.2, 0) is 11.3 Å². The summed E-state index contributed by atoms with van der Waals surface area (Å²) in [6.45, 7) is 7.44. The van der Waals surface area contributed by atoms with Gasteiger partial charge in [-0.05, 0) is 74.3 Å². The zero-order valence-corrected chi connectivity index (χ0v) is 21.4. The van der Waals surface area contributed by atoms with Crippen molar-refractivity contribution < 1.29 is 14.3 Å². The predicted molar refractivity (Wildman–Crippen MR) is 146 cm³/mol. The number of amides is 2. The van der Waals surface area contributed by atoms with E-state index in [2.05, 4.69) is 17.1 Å². The van der Waals surface area contributed by atoms with E-state index < -0.39 is 0 Å². The van der Waals surface area contributed by atoms with Gasteiger partial charge in [0.15, 0.2) is 11.5 Å². The van der Waals surface area contributed by atoms with E-state index in [4.69, 9.17) is 4.74 Å². The number of benzene rings is 3. The van der Waals surface area contributed by atoms with Crippen LogP contribution in [-0.4, -0.2) is 42.4 Å². The highest BCUT2D eigenvalue weighted by Crippen LogP contribution is 2.36. The molecular weight excluding hydrogens is 462 g/mol. The third-order valence-electron chi connectivity index (χ3n) is 7.17. The fraction of sp³-hybridized carbons (Fsp3) is 0.290. The topological polar surface area (TPSA) is 61.9 Å². The van der Waals surface area contributed by atoms with E-state index >= 15 is 0 Å². The number of hydrogen-bond donors (Lipinski definition) is 1. The fourth-order valence-electron chi connectivity index (χ4n) is 5.03. The third-order valence-corrected chi connectivity index (χ3v) is 7.17. The van der Waals surface area contributed by atoms with Crippen LogP contribution in [0.3, 0.4) is 0 Å². The number of carbonyl (C=O) groups is 2. The molecule has 5 rings (SSSR count). The summed E-state index contributed by atoms with van der Waals surface area (Å²) in [5, 5.41) is 3.07. The van der Waals surface area contributed by atoms with Gasteiger partial charge in [0.2, 0.25) is 0 Å². The molecule has 0 bridgehead atoms. The highest BCUT2D eigenvalue weighted by atomic mass is 16.5. The molecule has 1 saturated heterocycles. The summed E-state index contributed by atoms with van der Waals surface area (Å²) in [6, 6.07) is 23.4. The quantitative estimate of drug-likeness (QED) is 0.459.